The lowest BCUT2D eigenvalue weighted by atomic mass is 10.1. The van der Waals surface area contributed by atoms with Gasteiger partial charge in [0.25, 0.3) is 9.05 Å². The van der Waals surface area contributed by atoms with Crippen molar-refractivity contribution in [1.82, 2.24) is 0 Å². The maximum Gasteiger partial charge on any atom is 0.338 e. The summed E-state index contributed by atoms with van der Waals surface area (Å²) in [7, 11) is 1.37. The van der Waals surface area contributed by atoms with Gasteiger partial charge in [-0.05, 0) is 31.0 Å². The highest BCUT2D eigenvalue weighted by atomic mass is 79.9. The third-order valence-corrected chi connectivity index (χ3v) is 4.41. The molecule has 0 amide bonds. The Hall–Kier alpha value is -0.590. The molecule has 106 valence electrons. The topological polar surface area (TPSA) is 60.4 Å². The fourth-order valence-electron chi connectivity index (χ4n) is 1.19. The molecule has 0 saturated heterocycles. The van der Waals surface area contributed by atoms with E-state index in [9.17, 15) is 13.2 Å². The second-order valence-corrected chi connectivity index (χ2v) is 7.95. The highest BCUT2D eigenvalue weighted by molar-refractivity contribution is 9.10. The Morgan fingerprint density at radius 1 is 1.26 bits per heavy atom. The van der Waals surface area contributed by atoms with Gasteiger partial charge in [0, 0.05) is 15.2 Å². The Morgan fingerprint density at radius 2 is 1.84 bits per heavy atom. The molecule has 0 spiro atoms. The van der Waals surface area contributed by atoms with Gasteiger partial charge in [-0.25, -0.2) is 13.2 Å². The molecule has 1 aromatic rings. The van der Waals surface area contributed by atoms with Crippen molar-refractivity contribution in [2.45, 2.75) is 31.8 Å². The number of benzene rings is 1. The summed E-state index contributed by atoms with van der Waals surface area (Å²) in [5, 5.41) is 0. The van der Waals surface area contributed by atoms with Crippen LogP contribution in [0.15, 0.2) is 27.6 Å². The zero-order chi connectivity index (χ0) is 14.8. The summed E-state index contributed by atoms with van der Waals surface area (Å²) in [6.07, 6.45) is -0.262. The summed E-state index contributed by atoms with van der Waals surface area (Å²) >= 11 is 3.14. The molecule has 4 nitrogen and oxygen atoms in total. The van der Waals surface area contributed by atoms with E-state index in [2.05, 4.69) is 15.9 Å². The molecule has 19 heavy (non-hydrogen) atoms. The second kappa shape index (κ2) is 6.24. The third-order valence-electron chi connectivity index (χ3n) is 2.62. The van der Waals surface area contributed by atoms with E-state index in [1.165, 1.54) is 18.2 Å². The largest absolute Gasteiger partial charge is 0.459 e. The average Bonchev–Trinajstić information content (AvgIpc) is 2.26. The Kier molecular flexibility index (Phi) is 5.41. The monoisotopic (exact) mass is 368 g/mol. The van der Waals surface area contributed by atoms with Crippen LogP contribution >= 0.6 is 26.6 Å². The van der Waals surface area contributed by atoms with Gasteiger partial charge in [-0.2, -0.15) is 0 Å². The summed E-state index contributed by atoms with van der Waals surface area (Å²) in [6.45, 7) is 5.63. The zero-order valence-electron chi connectivity index (χ0n) is 10.7. The zero-order valence-corrected chi connectivity index (χ0v) is 13.8. The summed E-state index contributed by atoms with van der Waals surface area (Å²) in [5.74, 6) is -0.406. The van der Waals surface area contributed by atoms with Gasteiger partial charge >= 0.3 is 5.97 Å². The van der Waals surface area contributed by atoms with Gasteiger partial charge in [-0.15, -0.1) is 0 Å². The van der Waals surface area contributed by atoms with E-state index in [0.29, 0.717) is 4.47 Å². The Balaban J connectivity index is 3.08. The normalized spacial score (nSPS) is 13.4. The van der Waals surface area contributed by atoms with E-state index in [0.717, 1.165) is 0 Å². The van der Waals surface area contributed by atoms with Gasteiger partial charge in [-0.1, -0.05) is 29.8 Å². The van der Waals surface area contributed by atoms with E-state index in [1.54, 1.807) is 6.92 Å². The van der Waals surface area contributed by atoms with Gasteiger partial charge in [0.05, 0.1) is 10.5 Å². The van der Waals surface area contributed by atoms with Crippen molar-refractivity contribution < 1.29 is 17.9 Å². The molecular formula is C12H14BrClO4S. The van der Waals surface area contributed by atoms with Crippen molar-refractivity contribution in [2.75, 3.05) is 0 Å². The predicted molar refractivity (Wildman–Crippen MR) is 76.9 cm³/mol. The highest BCUT2D eigenvalue weighted by Crippen LogP contribution is 2.23. The lowest BCUT2D eigenvalue weighted by Crippen LogP contribution is -2.20. The molecule has 0 aliphatic rings. The number of hydrogen-bond donors (Lipinski definition) is 0. The first kappa shape index (κ1) is 16.5. The van der Waals surface area contributed by atoms with E-state index in [-0.39, 0.29) is 22.5 Å². The molecular weight excluding hydrogens is 356 g/mol. The molecule has 0 aromatic heterocycles. The fourth-order valence-corrected chi connectivity index (χ4v) is 2.64. The Labute approximate surface area is 125 Å². The van der Waals surface area contributed by atoms with Crippen LogP contribution in [0.1, 0.15) is 31.1 Å². The molecule has 0 saturated carbocycles. The smallest absolute Gasteiger partial charge is 0.338 e. The van der Waals surface area contributed by atoms with Crippen molar-refractivity contribution in [2.24, 2.45) is 5.92 Å². The van der Waals surface area contributed by atoms with Crippen LogP contribution in [0.5, 0.6) is 0 Å². The van der Waals surface area contributed by atoms with Crippen molar-refractivity contribution in [1.29, 1.82) is 0 Å². The predicted octanol–water partition coefficient (Wildman–Crippen LogP) is 3.58. The number of carbonyl (C=O) groups is 1. The first-order valence-electron chi connectivity index (χ1n) is 5.57. The third kappa shape index (κ3) is 4.78. The van der Waals surface area contributed by atoms with Crippen LogP contribution in [0.25, 0.3) is 0 Å². The SMILES string of the molecule is CC(C)C(C)OC(=O)c1cc(Br)cc(S(=O)(=O)Cl)c1. The van der Waals surface area contributed by atoms with Gasteiger partial charge in [0.15, 0.2) is 0 Å². The molecule has 7 heteroatoms. The Bertz CT molecular complexity index is 583. The fraction of sp³-hybridized carbons (Fsp3) is 0.417. The van der Waals surface area contributed by atoms with Crippen LogP contribution in [0.2, 0.25) is 0 Å². The molecule has 0 fully saturated rings. The standard InChI is InChI=1S/C12H14BrClO4S/c1-7(2)8(3)18-12(15)9-4-10(13)6-11(5-9)19(14,16)17/h4-8H,1-3H3. The average molecular weight is 370 g/mol. The first-order valence-corrected chi connectivity index (χ1v) is 8.67. The van der Waals surface area contributed by atoms with Crippen LogP contribution in [-0.2, 0) is 13.8 Å². The number of rotatable bonds is 4. The van der Waals surface area contributed by atoms with Crippen LogP contribution in [-0.4, -0.2) is 20.5 Å². The number of esters is 1. The van der Waals surface area contributed by atoms with Gasteiger partial charge < -0.3 is 4.74 Å². The quantitative estimate of drug-likeness (QED) is 0.601. The van der Waals surface area contributed by atoms with Crippen LogP contribution in [0.3, 0.4) is 0 Å². The number of hydrogen-bond acceptors (Lipinski definition) is 4. The molecule has 1 unspecified atom stereocenters. The molecule has 0 radical (unpaired) electrons. The Morgan fingerprint density at radius 3 is 2.32 bits per heavy atom. The number of carbonyl (C=O) groups excluding carboxylic acids is 1. The van der Waals surface area contributed by atoms with E-state index in [4.69, 9.17) is 15.4 Å². The van der Waals surface area contributed by atoms with Crippen molar-refractivity contribution in [3.8, 4) is 0 Å². The van der Waals surface area contributed by atoms with E-state index >= 15 is 0 Å². The molecule has 1 rings (SSSR count). The maximum absolute atomic E-state index is 11.9. The van der Waals surface area contributed by atoms with Crippen molar-refractivity contribution >= 4 is 41.6 Å². The molecule has 0 aliphatic heterocycles. The van der Waals surface area contributed by atoms with Crippen LogP contribution in [0.4, 0.5) is 0 Å². The number of ether oxygens (including phenoxy) is 1. The van der Waals surface area contributed by atoms with Gasteiger partial charge in [0.1, 0.15) is 6.10 Å². The minimum absolute atomic E-state index is 0.140. The van der Waals surface area contributed by atoms with Crippen LogP contribution < -0.4 is 0 Å². The minimum atomic E-state index is -3.89. The van der Waals surface area contributed by atoms with Crippen LogP contribution in [0, 0.1) is 5.92 Å². The lowest BCUT2D eigenvalue weighted by Gasteiger charge is -2.16. The second-order valence-electron chi connectivity index (χ2n) is 4.47. The molecule has 0 aliphatic carbocycles. The summed E-state index contributed by atoms with van der Waals surface area (Å²) < 4.78 is 28.2. The van der Waals surface area contributed by atoms with E-state index < -0.39 is 15.0 Å². The van der Waals surface area contributed by atoms with E-state index in [1.807, 2.05) is 13.8 Å². The maximum atomic E-state index is 11.9. The van der Waals surface area contributed by atoms with Gasteiger partial charge in [-0.3, -0.25) is 0 Å². The molecule has 1 atom stereocenters. The van der Waals surface area contributed by atoms with Gasteiger partial charge in [0.2, 0.25) is 0 Å². The summed E-state index contributed by atoms with van der Waals surface area (Å²) in [6, 6.07) is 4.01. The molecule has 0 N–H and O–H groups in total. The molecule has 0 bridgehead atoms. The molecule has 0 heterocycles. The number of halogens is 2. The minimum Gasteiger partial charge on any atom is -0.459 e. The first-order chi connectivity index (χ1) is 8.61. The van der Waals surface area contributed by atoms with Crippen molar-refractivity contribution in [3.63, 3.8) is 0 Å². The summed E-state index contributed by atoms with van der Waals surface area (Å²) in [5.41, 5.74) is 0.140. The molecule has 1 aromatic carbocycles. The van der Waals surface area contributed by atoms with Crippen molar-refractivity contribution in [3.05, 3.63) is 28.2 Å². The highest BCUT2D eigenvalue weighted by Gasteiger charge is 2.19. The summed E-state index contributed by atoms with van der Waals surface area (Å²) in [4.78, 5) is 11.8. The lowest BCUT2D eigenvalue weighted by molar-refractivity contribution is 0.0237.